The first kappa shape index (κ1) is 14.9. The lowest BCUT2D eigenvalue weighted by atomic mass is 10.0. The third-order valence-electron chi connectivity index (χ3n) is 4.88. The molecule has 0 aliphatic heterocycles. The summed E-state index contributed by atoms with van der Waals surface area (Å²) in [6, 6.07) is 31.7. The van der Waals surface area contributed by atoms with Crippen molar-refractivity contribution in [1.82, 2.24) is 9.38 Å². The van der Waals surface area contributed by atoms with Gasteiger partial charge in [-0.1, -0.05) is 84.9 Å². The van der Waals surface area contributed by atoms with Crippen LogP contribution in [-0.2, 0) is 6.42 Å². The molecule has 0 fully saturated rings. The van der Waals surface area contributed by atoms with Crippen molar-refractivity contribution in [1.29, 1.82) is 0 Å². The van der Waals surface area contributed by atoms with Gasteiger partial charge in [0.1, 0.15) is 5.65 Å². The van der Waals surface area contributed by atoms with Crippen molar-refractivity contribution < 1.29 is 0 Å². The lowest BCUT2D eigenvalue weighted by Gasteiger charge is -2.07. The molecule has 2 aromatic heterocycles. The van der Waals surface area contributed by atoms with E-state index in [4.69, 9.17) is 4.98 Å². The van der Waals surface area contributed by atoms with Crippen molar-refractivity contribution in [2.45, 2.75) is 6.42 Å². The summed E-state index contributed by atoms with van der Waals surface area (Å²) in [6.45, 7) is 0. The first-order chi connectivity index (χ1) is 12.9. The smallest absolute Gasteiger partial charge is 0.145 e. The Morgan fingerprint density at radius 1 is 0.692 bits per heavy atom. The van der Waals surface area contributed by atoms with E-state index < -0.39 is 0 Å². The maximum absolute atomic E-state index is 5.07. The molecule has 3 aromatic carbocycles. The molecule has 5 rings (SSSR count). The highest BCUT2D eigenvalue weighted by atomic mass is 15.0. The quantitative estimate of drug-likeness (QED) is 0.411. The van der Waals surface area contributed by atoms with Gasteiger partial charge < -0.3 is 4.40 Å². The molecule has 0 unspecified atom stereocenters. The number of rotatable bonds is 3. The summed E-state index contributed by atoms with van der Waals surface area (Å²) in [4.78, 5) is 5.07. The van der Waals surface area contributed by atoms with E-state index in [0.717, 1.165) is 23.3 Å². The van der Waals surface area contributed by atoms with Gasteiger partial charge in [0.15, 0.2) is 0 Å². The third kappa shape index (κ3) is 2.47. The fourth-order valence-electron chi connectivity index (χ4n) is 3.60. The maximum Gasteiger partial charge on any atom is 0.145 e. The Morgan fingerprint density at radius 2 is 1.38 bits per heavy atom. The van der Waals surface area contributed by atoms with Gasteiger partial charge in [0, 0.05) is 23.6 Å². The highest BCUT2D eigenvalue weighted by Crippen LogP contribution is 2.29. The van der Waals surface area contributed by atoms with Crippen molar-refractivity contribution in [3.8, 4) is 11.3 Å². The topological polar surface area (TPSA) is 17.3 Å². The van der Waals surface area contributed by atoms with E-state index in [1.807, 2.05) is 6.07 Å². The highest BCUT2D eigenvalue weighted by molar-refractivity contribution is 5.95. The molecule has 0 atom stereocenters. The van der Waals surface area contributed by atoms with Crippen LogP contribution in [0.5, 0.6) is 0 Å². The van der Waals surface area contributed by atoms with Gasteiger partial charge in [0.05, 0.1) is 11.4 Å². The minimum absolute atomic E-state index is 0.852. The van der Waals surface area contributed by atoms with Crippen LogP contribution < -0.4 is 0 Å². The van der Waals surface area contributed by atoms with E-state index in [2.05, 4.69) is 95.5 Å². The van der Waals surface area contributed by atoms with Crippen molar-refractivity contribution >= 4 is 16.4 Å². The van der Waals surface area contributed by atoms with Gasteiger partial charge in [-0.05, 0) is 17.0 Å². The van der Waals surface area contributed by atoms with Gasteiger partial charge in [-0.15, -0.1) is 0 Å². The van der Waals surface area contributed by atoms with Crippen LogP contribution in [-0.4, -0.2) is 9.38 Å². The van der Waals surface area contributed by atoms with E-state index in [9.17, 15) is 0 Å². The molecule has 0 amide bonds. The number of nitrogens with zero attached hydrogens (tertiary/aromatic N) is 2. The number of benzene rings is 3. The predicted molar refractivity (Wildman–Crippen MR) is 107 cm³/mol. The molecule has 0 bridgehead atoms. The molecule has 0 aliphatic carbocycles. The number of imidazole rings is 1. The van der Waals surface area contributed by atoms with Crippen LogP contribution in [0.25, 0.3) is 27.7 Å². The zero-order chi connectivity index (χ0) is 17.3. The maximum atomic E-state index is 5.07. The summed E-state index contributed by atoms with van der Waals surface area (Å²) < 4.78 is 2.25. The molecule has 0 saturated carbocycles. The fraction of sp³-hybridized carbons (Fsp3) is 0.0417. The Morgan fingerprint density at radius 3 is 2.19 bits per heavy atom. The third-order valence-corrected chi connectivity index (χ3v) is 4.88. The van der Waals surface area contributed by atoms with Gasteiger partial charge in [-0.3, -0.25) is 0 Å². The van der Waals surface area contributed by atoms with E-state index >= 15 is 0 Å². The lowest BCUT2D eigenvalue weighted by molar-refractivity contribution is 1.03. The number of hydrogen-bond acceptors (Lipinski definition) is 1. The van der Waals surface area contributed by atoms with Gasteiger partial charge in [-0.25, -0.2) is 4.98 Å². The van der Waals surface area contributed by atoms with Crippen molar-refractivity contribution in [3.05, 3.63) is 108 Å². The molecule has 124 valence electrons. The van der Waals surface area contributed by atoms with Gasteiger partial charge in [0.25, 0.3) is 0 Å². The van der Waals surface area contributed by atoms with Crippen LogP contribution >= 0.6 is 0 Å². The van der Waals surface area contributed by atoms with Crippen LogP contribution in [0.15, 0.2) is 97.2 Å². The minimum atomic E-state index is 0.852. The van der Waals surface area contributed by atoms with Crippen molar-refractivity contribution in [2.24, 2.45) is 0 Å². The average molecular weight is 334 g/mol. The normalized spacial score (nSPS) is 11.2. The molecule has 5 aromatic rings. The molecule has 2 heterocycles. The number of aromatic nitrogens is 2. The van der Waals surface area contributed by atoms with E-state index in [0.29, 0.717) is 0 Å². The van der Waals surface area contributed by atoms with Crippen LogP contribution in [0, 0.1) is 0 Å². The Bertz CT molecular complexity index is 1190. The molecule has 0 radical (unpaired) electrons. The van der Waals surface area contributed by atoms with Gasteiger partial charge in [0.2, 0.25) is 0 Å². The largest absolute Gasteiger partial charge is 0.303 e. The average Bonchev–Trinajstić information content (AvgIpc) is 3.08. The molecule has 2 nitrogen and oxygen atoms in total. The van der Waals surface area contributed by atoms with Crippen LogP contribution in [0.4, 0.5) is 0 Å². The lowest BCUT2D eigenvalue weighted by Crippen LogP contribution is -1.96. The molecule has 26 heavy (non-hydrogen) atoms. The van der Waals surface area contributed by atoms with Gasteiger partial charge >= 0.3 is 0 Å². The molecular formula is C24H18N2. The molecular weight excluding hydrogens is 316 g/mol. The Labute approximate surface area is 152 Å². The molecule has 0 aliphatic rings. The second-order valence-electron chi connectivity index (χ2n) is 6.53. The predicted octanol–water partition coefficient (Wildman–Crippen LogP) is 5.75. The second-order valence-corrected chi connectivity index (χ2v) is 6.53. The number of hydrogen-bond donors (Lipinski definition) is 0. The summed E-state index contributed by atoms with van der Waals surface area (Å²) in [6.07, 6.45) is 3.00. The monoisotopic (exact) mass is 334 g/mol. The second kappa shape index (κ2) is 6.16. The summed E-state index contributed by atoms with van der Waals surface area (Å²) >= 11 is 0. The van der Waals surface area contributed by atoms with Crippen LogP contribution in [0.2, 0.25) is 0 Å². The zero-order valence-electron chi connectivity index (χ0n) is 14.3. The Hall–Kier alpha value is -3.39. The van der Waals surface area contributed by atoms with E-state index in [1.165, 1.54) is 22.0 Å². The summed E-state index contributed by atoms with van der Waals surface area (Å²) in [5, 5.41) is 2.40. The molecule has 2 heteroatoms. The summed E-state index contributed by atoms with van der Waals surface area (Å²) in [5.41, 5.74) is 5.76. The number of fused-ring (bicyclic) bond motifs is 3. The summed E-state index contributed by atoms with van der Waals surface area (Å²) in [7, 11) is 0. The van der Waals surface area contributed by atoms with E-state index in [-0.39, 0.29) is 0 Å². The Balaban J connectivity index is 1.80. The first-order valence-electron chi connectivity index (χ1n) is 8.88. The SMILES string of the molecule is c1ccc(Cc2c(-c3ccccc3)nc3c4ccccc4ccn23)cc1. The fourth-order valence-corrected chi connectivity index (χ4v) is 3.60. The molecule has 0 N–H and O–H groups in total. The van der Waals surface area contributed by atoms with Crippen molar-refractivity contribution in [2.75, 3.05) is 0 Å². The zero-order valence-corrected chi connectivity index (χ0v) is 14.3. The molecule has 0 spiro atoms. The standard InChI is InChI=1S/C24H18N2/c1-3-9-18(10-4-1)17-22-23(20-12-5-2-6-13-20)25-24-21-14-8-7-11-19(21)15-16-26(22)24/h1-16H,17H2. The minimum Gasteiger partial charge on any atom is -0.303 e. The number of pyridine rings is 1. The van der Waals surface area contributed by atoms with Crippen LogP contribution in [0.1, 0.15) is 11.3 Å². The highest BCUT2D eigenvalue weighted by Gasteiger charge is 2.16. The Kier molecular flexibility index (Phi) is 3.53. The van der Waals surface area contributed by atoms with Gasteiger partial charge in [-0.2, -0.15) is 0 Å². The van der Waals surface area contributed by atoms with Crippen LogP contribution in [0.3, 0.4) is 0 Å². The molecule has 0 saturated heterocycles. The summed E-state index contributed by atoms with van der Waals surface area (Å²) in [5.74, 6) is 0. The van der Waals surface area contributed by atoms with Crippen molar-refractivity contribution in [3.63, 3.8) is 0 Å². The van der Waals surface area contributed by atoms with E-state index in [1.54, 1.807) is 0 Å². The first-order valence-corrected chi connectivity index (χ1v) is 8.88.